The summed E-state index contributed by atoms with van der Waals surface area (Å²) in [6.07, 6.45) is 0.974. The third kappa shape index (κ3) is 4.76. The van der Waals surface area contributed by atoms with Crippen LogP contribution in [0.15, 0.2) is 103 Å². The molecular formula is C28H20F2N2O3S. The number of hydrogen-bond donors (Lipinski definition) is 0. The largest absolute Gasteiger partial charge is 0.382 e. The van der Waals surface area contributed by atoms with E-state index < -0.39 is 15.9 Å². The van der Waals surface area contributed by atoms with E-state index in [9.17, 15) is 17.2 Å². The monoisotopic (exact) mass is 502 g/mol. The Morgan fingerprint density at radius 2 is 1.28 bits per heavy atom. The van der Waals surface area contributed by atoms with E-state index in [1.807, 2.05) is 34.9 Å². The van der Waals surface area contributed by atoms with Crippen LogP contribution in [0.2, 0.25) is 0 Å². The van der Waals surface area contributed by atoms with E-state index >= 15 is 0 Å². The number of para-hydroxylation sites is 2. The van der Waals surface area contributed by atoms with Crippen LogP contribution in [0.4, 0.5) is 8.78 Å². The topological polar surface area (TPSA) is 61.2 Å². The quantitative estimate of drug-likeness (QED) is 0.249. The number of aromatic nitrogens is 2. The second kappa shape index (κ2) is 9.39. The van der Waals surface area contributed by atoms with Crippen molar-refractivity contribution in [3.63, 3.8) is 0 Å². The molecule has 0 amide bonds. The predicted molar refractivity (Wildman–Crippen MR) is 135 cm³/mol. The molecule has 0 atom stereocenters. The normalized spacial score (nSPS) is 11.4. The van der Waals surface area contributed by atoms with E-state index in [-0.39, 0.29) is 11.6 Å². The maximum absolute atomic E-state index is 13.8. The minimum absolute atomic E-state index is 0.110. The van der Waals surface area contributed by atoms with Crippen molar-refractivity contribution in [2.24, 2.45) is 0 Å². The predicted octanol–water partition coefficient (Wildman–Crippen LogP) is 6.49. The standard InChI is InChI=1S/C28H20F2N2O3S/c1-36(33,34)35-25-10-6-5-9-24(25)28-31-26(19-11-15-21(29)16-12-19)27(20-13-17-22(30)18-14-20)32(28)23-7-3-2-4-8-23/h2-18H,1H3. The Morgan fingerprint density at radius 3 is 1.89 bits per heavy atom. The van der Waals surface area contributed by atoms with Gasteiger partial charge in [0.05, 0.1) is 23.2 Å². The summed E-state index contributed by atoms with van der Waals surface area (Å²) in [5, 5.41) is 0. The van der Waals surface area contributed by atoms with Gasteiger partial charge in [-0.15, -0.1) is 0 Å². The summed E-state index contributed by atoms with van der Waals surface area (Å²) < 4.78 is 58.7. The smallest absolute Gasteiger partial charge is 0.306 e. The van der Waals surface area contributed by atoms with Gasteiger partial charge in [0.15, 0.2) is 5.75 Å². The lowest BCUT2D eigenvalue weighted by Crippen LogP contribution is -2.08. The third-order valence-corrected chi connectivity index (χ3v) is 5.98. The van der Waals surface area contributed by atoms with Crippen LogP contribution >= 0.6 is 0 Å². The molecule has 0 unspecified atom stereocenters. The molecule has 0 saturated carbocycles. The van der Waals surface area contributed by atoms with Crippen molar-refractivity contribution in [3.05, 3.63) is 115 Å². The lowest BCUT2D eigenvalue weighted by molar-refractivity contribution is 0.493. The summed E-state index contributed by atoms with van der Waals surface area (Å²) in [6.45, 7) is 0. The molecule has 180 valence electrons. The van der Waals surface area contributed by atoms with Crippen LogP contribution in [-0.2, 0) is 10.1 Å². The van der Waals surface area contributed by atoms with Crippen LogP contribution in [0.1, 0.15) is 0 Å². The van der Waals surface area contributed by atoms with Gasteiger partial charge in [-0.25, -0.2) is 13.8 Å². The number of rotatable bonds is 6. The Hall–Kier alpha value is -4.30. The molecule has 0 saturated heterocycles. The number of nitrogens with zero attached hydrogens (tertiary/aromatic N) is 2. The van der Waals surface area contributed by atoms with E-state index in [1.54, 1.807) is 48.5 Å². The number of hydrogen-bond acceptors (Lipinski definition) is 4. The highest BCUT2D eigenvalue weighted by molar-refractivity contribution is 7.86. The average Bonchev–Trinajstić information content (AvgIpc) is 3.25. The highest BCUT2D eigenvalue weighted by Crippen LogP contribution is 2.41. The Kier molecular flexibility index (Phi) is 6.12. The molecule has 4 aromatic carbocycles. The van der Waals surface area contributed by atoms with Gasteiger partial charge in [-0.05, 0) is 72.8 Å². The van der Waals surface area contributed by atoms with Crippen LogP contribution in [-0.4, -0.2) is 24.2 Å². The van der Waals surface area contributed by atoms with Crippen molar-refractivity contribution in [3.8, 4) is 45.3 Å². The molecule has 0 fully saturated rings. The van der Waals surface area contributed by atoms with Crippen molar-refractivity contribution >= 4 is 10.1 Å². The molecule has 0 radical (unpaired) electrons. The zero-order valence-electron chi connectivity index (χ0n) is 19.1. The van der Waals surface area contributed by atoms with Crippen LogP contribution in [0.3, 0.4) is 0 Å². The molecule has 36 heavy (non-hydrogen) atoms. The fourth-order valence-electron chi connectivity index (χ4n) is 4.00. The SMILES string of the molecule is CS(=O)(=O)Oc1ccccc1-c1nc(-c2ccc(F)cc2)c(-c2ccc(F)cc2)n1-c1ccccc1. The molecule has 0 N–H and O–H groups in total. The summed E-state index contributed by atoms with van der Waals surface area (Å²) in [4.78, 5) is 4.92. The Balaban J connectivity index is 1.88. The minimum atomic E-state index is -3.82. The second-order valence-corrected chi connectivity index (χ2v) is 9.68. The molecular weight excluding hydrogens is 482 g/mol. The van der Waals surface area contributed by atoms with Crippen LogP contribution in [0.5, 0.6) is 5.75 Å². The van der Waals surface area contributed by atoms with Crippen molar-refractivity contribution in [1.29, 1.82) is 0 Å². The molecule has 5 aromatic rings. The van der Waals surface area contributed by atoms with Gasteiger partial charge in [0.25, 0.3) is 0 Å². The van der Waals surface area contributed by atoms with E-state index in [2.05, 4.69) is 0 Å². The highest BCUT2D eigenvalue weighted by Gasteiger charge is 2.25. The first-order valence-electron chi connectivity index (χ1n) is 11.0. The highest BCUT2D eigenvalue weighted by atomic mass is 32.2. The first-order chi connectivity index (χ1) is 17.3. The molecule has 0 bridgehead atoms. The van der Waals surface area contributed by atoms with Crippen molar-refractivity contribution in [2.45, 2.75) is 0 Å². The Labute approximate surface area is 207 Å². The zero-order valence-corrected chi connectivity index (χ0v) is 19.9. The van der Waals surface area contributed by atoms with Crippen molar-refractivity contribution < 1.29 is 21.4 Å². The van der Waals surface area contributed by atoms with Crippen molar-refractivity contribution in [2.75, 3.05) is 6.26 Å². The fourth-order valence-corrected chi connectivity index (χ4v) is 4.47. The van der Waals surface area contributed by atoms with Crippen LogP contribution in [0, 0.1) is 11.6 Å². The minimum Gasteiger partial charge on any atom is -0.382 e. The summed E-state index contributed by atoms with van der Waals surface area (Å²) in [7, 11) is -3.82. The van der Waals surface area contributed by atoms with Gasteiger partial charge in [-0.2, -0.15) is 8.42 Å². The van der Waals surface area contributed by atoms with Gasteiger partial charge in [0.1, 0.15) is 17.5 Å². The third-order valence-electron chi connectivity index (χ3n) is 5.50. The maximum Gasteiger partial charge on any atom is 0.306 e. The molecule has 0 aliphatic carbocycles. The lowest BCUT2D eigenvalue weighted by Gasteiger charge is -2.15. The molecule has 0 spiro atoms. The Bertz CT molecular complexity index is 1630. The van der Waals surface area contributed by atoms with E-state index in [4.69, 9.17) is 9.17 Å². The first kappa shape index (κ1) is 23.4. The average molecular weight is 503 g/mol. The van der Waals surface area contributed by atoms with E-state index in [0.29, 0.717) is 33.9 Å². The number of halogens is 2. The van der Waals surface area contributed by atoms with Crippen LogP contribution in [0.25, 0.3) is 39.6 Å². The first-order valence-corrected chi connectivity index (χ1v) is 12.8. The molecule has 0 aliphatic heterocycles. The molecule has 0 aliphatic rings. The fraction of sp³-hybridized carbons (Fsp3) is 0.0357. The molecule has 1 aromatic heterocycles. The zero-order chi connectivity index (χ0) is 25.3. The van der Waals surface area contributed by atoms with Gasteiger partial charge in [-0.3, -0.25) is 4.57 Å². The molecule has 5 nitrogen and oxygen atoms in total. The molecule has 5 rings (SSSR count). The van der Waals surface area contributed by atoms with Gasteiger partial charge < -0.3 is 4.18 Å². The van der Waals surface area contributed by atoms with E-state index in [1.165, 1.54) is 24.3 Å². The van der Waals surface area contributed by atoms with E-state index in [0.717, 1.165) is 11.9 Å². The number of benzene rings is 4. The summed E-state index contributed by atoms with van der Waals surface area (Å²) >= 11 is 0. The molecule has 1 heterocycles. The van der Waals surface area contributed by atoms with Gasteiger partial charge in [-0.1, -0.05) is 30.3 Å². The Morgan fingerprint density at radius 1 is 0.722 bits per heavy atom. The van der Waals surface area contributed by atoms with Crippen LogP contribution < -0.4 is 4.18 Å². The van der Waals surface area contributed by atoms with Gasteiger partial charge in [0.2, 0.25) is 0 Å². The number of imidazole rings is 1. The van der Waals surface area contributed by atoms with Gasteiger partial charge >= 0.3 is 10.1 Å². The summed E-state index contributed by atoms with van der Waals surface area (Å²) in [6, 6.07) is 27.9. The van der Waals surface area contributed by atoms with Gasteiger partial charge in [0, 0.05) is 16.8 Å². The second-order valence-electron chi connectivity index (χ2n) is 8.10. The lowest BCUT2D eigenvalue weighted by atomic mass is 10.0. The molecule has 8 heteroatoms. The maximum atomic E-state index is 13.8. The summed E-state index contributed by atoms with van der Waals surface area (Å²) in [5.74, 6) is -0.269. The van der Waals surface area contributed by atoms with Crippen molar-refractivity contribution in [1.82, 2.24) is 9.55 Å². The summed E-state index contributed by atoms with van der Waals surface area (Å²) in [5.41, 5.74) is 3.60.